The first-order valence-corrected chi connectivity index (χ1v) is 4.35. The van der Waals surface area contributed by atoms with Gasteiger partial charge >= 0.3 is 0 Å². The standard InChI is InChI=1S/C9H12O3/c1-12-5-2-3-6-7(4-5)9(11)8(6)10/h5-7H,2-4H2,1H3. The monoisotopic (exact) mass is 168 g/mol. The van der Waals surface area contributed by atoms with E-state index in [2.05, 4.69) is 0 Å². The molecular weight excluding hydrogens is 156 g/mol. The van der Waals surface area contributed by atoms with Crippen LogP contribution in [0.3, 0.4) is 0 Å². The highest BCUT2D eigenvalue weighted by Crippen LogP contribution is 2.40. The first-order valence-electron chi connectivity index (χ1n) is 4.35. The zero-order valence-electron chi connectivity index (χ0n) is 7.08. The number of carbonyl (C=O) groups excluding carboxylic acids is 2. The molecule has 0 bridgehead atoms. The molecule has 0 aliphatic heterocycles. The average Bonchev–Trinajstić information content (AvgIpc) is 2.15. The van der Waals surface area contributed by atoms with Gasteiger partial charge in [-0.15, -0.1) is 0 Å². The molecule has 0 aromatic heterocycles. The van der Waals surface area contributed by atoms with Gasteiger partial charge in [-0.1, -0.05) is 0 Å². The van der Waals surface area contributed by atoms with Crippen molar-refractivity contribution in [2.24, 2.45) is 11.8 Å². The number of carbonyl (C=O) groups is 2. The van der Waals surface area contributed by atoms with Gasteiger partial charge in [-0.2, -0.15) is 0 Å². The van der Waals surface area contributed by atoms with Crippen LogP contribution in [-0.2, 0) is 14.3 Å². The van der Waals surface area contributed by atoms with Crippen LogP contribution in [0.1, 0.15) is 19.3 Å². The zero-order chi connectivity index (χ0) is 8.72. The summed E-state index contributed by atoms with van der Waals surface area (Å²) in [6.45, 7) is 0. The van der Waals surface area contributed by atoms with E-state index in [0.29, 0.717) is 0 Å². The molecule has 2 aliphatic carbocycles. The SMILES string of the molecule is COC1CCC2C(=O)C(=O)C2C1. The third-order valence-electron chi connectivity index (χ3n) is 3.05. The summed E-state index contributed by atoms with van der Waals surface area (Å²) in [5.74, 6) is -0.267. The van der Waals surface area contributed by atoms with Crippen molar-refractivity contribution in [1.29, 1.82) is 0 Å². The Morgan fingerprint density at radius 1 is 1.17 bits per heavy atom. The van der Waals surface area contributed by atoms with Gasteiger partial charge in [-0.25, -0.2) is 0 Å². The molecule has 2 aliphatic rings. The molecule has 66 valence electrons. The van der Waals surface area contributed by atoms with Crippen molar-refractivity contribution < 1.29 is 14.3 Å². The van der Waals surface area contributed by atoms with Crippen molar-refractivity contribution in [3.63, 3.8) is 0 Å². The molecule has 3 nitrogen and oxygen atoms in total. The van der Waals surface area contributed by atoms with Crippen molar-refractivity contribution in [2.45, 2.75) is 25.4 Å². The Kier molecular flexibility index (Phi) is 1.76. The molecular formula is C9H12O3. The fraction of sp³-hybridized carbons (Fsp3) is 0.778. The molecule has 3 atom stereocenters. The van der Waals surface area contributed by atoms with Gasteiger partial charge in [0.25, 0.3) is 0 Å². The van der Waals surface area contributed by atoms with Crippen LogP contribution in [0.25, 0.3) is 0 Å². The van der Waals surface area contributed by atoms with Crippen LogP contribution in [0.15, 0.2) is 0 Å². The summed E-state index contributed by atoms with van der Waals surface area (Å²) in [5, 5.41) is 0. The van der Waals surface area contributed by atoms with Crippen LogP contribution in [0.2, 0.25) is 0 Å². The number of hydrogen-bond donors (Lipinski definition) is 0. The van der Waals surface area contributed by atoms with E-state index >= 15 is 0 Å². The number of fused-ring (bicyclic) bond motifs is 1. The van der Waals surface area contributed by atoms with E-state index in [0.717, 1.165) is 19.3 Å². The maximum absolute atomic E-state index is 11.1. The van der Waals surface area contributed by atoms with Gasteiger partial charge in [0.15, 0.2) is 0 Å². The normalized spacial score (nSPS) is 40.6. The molecule has 0 spiro atoms. The van der Waals surface area contributed by atoms with Gasteiger partial charge in [0.1, 0.15) is 0 Å². The highest BCUT2D eigenvalue weighted by atomic mass is 16.5. The van der Waals surface area contributed by atoms with Crippen molar-refractivity contribution in [3.05, 3.63) is 0 Å². The van der Waals surface area contributed by atoms with E-state index in [1.54, 1.807) is 7.11 Å². The molecule has 2 fully saturated rings. The largest absolute Gasteiger partial charge is 0.381 e. The minimum atomic E-state index is -0.165. The summed E-state index contributed by atoms with van der Waals surface area (Å²) in [6, 6.07) is 0. The predicted octanol–water partition coefficient (Wildman–Crippen LogP) is 0.570. The van der Waals surface area contributed by atoms with E-state index in [9.17, 15) is 9.59 Å². The van der Waals surface area contributed by atoms with Gasteiger partial charge in [0.2, 0.25) is 11.6 Å². The summed E-state index contributed by atoms with van der Waals surface area (Å²) in [6.07, 6.45) is 2.72. The molecule has 0 amide bonds. The lowest BCUT2D eigenvalue weighted by molar-refractivity contribution is -0.157. The number of rotatable bonds is 1. The van der Waals surface area contributed by atoms with E-state index < -0.39 is 0 Å². The topological polar surface area (TPSA) is 43.4 Å². The molecule has 3 unspecified atom stereocenters. The molecule has 12 heavy (non-hydrogen) atoms. The Balaban J connectivity index is 2.03. The quantitative estimate of drug-likeness (QED) is 0.537. The number of methoxy groups -OCH3 is 1. The summed E-state index contributed by atoms with van der Waals surface area (Å²) in [5.41, 5.74) is 0. The summed E-state index contributed by atoms with van der Waals surface area (Å²) in [4.78, 5) is 22.1. The van der Waals surface area contributed by atoms with Crippen LogP contribution in [-0.4, -0.2) is 24.8 Å². The van der Waals surface area contributed by atoms with Gasteiger partial charge in [0.05, 0.1) is 6.10 Å². The molecule has 0 aromatic rings. The minimum Gasteiger partial charge on any atom is -0.381 e. The van der Waals surface area contributed by atoms with Crippen molar-refractivity contribution >= 4 is 11.6 Å². The molecule has 2 rings (SSSR count). The Bertz CT molecular complexity index is 234. The Morgan fingerprint density at radius 3 is 2.50 bits per heavy atom. The van der Waals surface area contributed by atoms with Crippen LogP contribution in [0.4, 0.5) is 0 Å². The Hall–Kier alpha value is -0.700. The maximum atomic E-state index is 11.1. The first kappa shape index (κ1) is 7.92. The van der Waals surface area contributed by atoms with Crippen LogP contribution < -0.4 is 0 Å². The number of Topliss-reactive ketones (excluding diaryl/α,β-unsaturated/α-hetero) is 2. The van der Waals surface area contributed by atoms with Gasteiger partial charge in [-0.3, -0.25) is 9.59 Å². The molecule has 0 radical (unpaired) electrons. The fourth-order valence-electron chi connectivity index (χ4n) is 2.22. The van der Waals surface area contributed by atoms with Crippen molar-refractivity contribution in [3.8, 4) is 0 Å². The lowest BCUT2D eigenvalue weighted by atomic mass is 9.63. The third-order valence-corrected chi connectivity index (χ3v) is 3.05. The van der Waals surface area contributed by atoms with Gasteiger partial charge in [-0.05, 0) is 19.3 Å². The molecule has 0 aromatic carbocycles. The second kappa shape index (κ2) is 2.66. The highest BCUT2D eigenvalue weighted by molar-refractivity contribution is 6.45. The number of ketones is 2. The molecule has 0 saturated heterocycles. The second-order valence-electron chi connectivity index (χ2n) is 3.61. The summed E-state index contributed by atoms with van der Waals surface area (Å²) in [7, 11) is 1.66. The lowest BCUT2D eigenvalue weighted by Crippen LogP contribution is -2.52. The number of hydrogen-bond acceptors (Lipinski definition) is 3. The van der Waals surface area contributed by atoms with Crippen LogP contribution >= 0.6 is 0 Å². The molecule has 2 saturated carbocycles. The van der Waals surface area contributed by atoms with Crippen LogP contribution in [0, 0.1) is 11.8 Å². The van der Waals surface area contributed by atoms with E-state index in [1.165, 1.54) is 0 Å². The molecule has 0 N–H and O–H groups in total. The maximum Gasteiger partial charge on any atom is 0.202 e. The summed E-state index contributed by atoms with van der Waals surface area (Å²) >= 11 is 0. The fourth-order valence-corrected chi connectivity index (χ4v) is 2.22. The van der Waals surface area contributed by atoms with Gasteiger partial charge < -0.3 is 4.74 Å². The Labute approximate surface area is 71.1 Å². The average molecular weight is 168 g/mol. The smallest absolute Gasteiger partial charge is 0.202 e. The van der Waals surface area contributed by atoms with Gasteiger partial charge in [0, 0.05) is 18.9 Å². The lowest BCUT2D eigenvalue weighted by Gasteiger charge is -2.39. The summed E-state index contributed by atoms with van der Waals surface area (Å²) < 4.78 is 5.16. The van der Waals surface area contributed by atoms with Crippen LogP contribution in [0.5, 0.6) is 0 Å². The molecule has 3 heteroatoms. The second-order valence-corrected chi connectivity index (χ2v) is 3.61. The van der Waals surface area contributed by atoms with Crippen molar-refractivity contribution in [1.82, 2.24) is 0 Å². The van der Waals surface area contributed by atoms with E-state index in [-0.39, 0.29) is 29.5 Å². The highest BCUT2D eigenvalue weighted by Gasteiger charge is 2.51. The zero-order valence-corrected chi connectivity index (χ0v) is 7.08. The van der Waals surface area contributed by atoms with Crippen molar-refractivity contribution in [2.75, 3.05) is 7.11 Å². The van der Waals surface area contributed by atoms with E-state index in [1.807, 2.05) is 0 Å². The Morgan fingerprint density at radius 2 is 1.83 bits per heavy atom. The predicted molar refractivity (Wildman–Crippen MR) is 41.6 cm³/mol. The number of ether oxygens (including phenoxy) is 1. The molecule has 0 heterocycles. The van der Waals surface area contributed by atoms with E-state index in [4.69, 9.17) is 4.74 Å². The third kappa shape index (κ3) is 0.926. The first-order chi connectivity index (χ1) is 5.74. The minimum absolute atomic E-state index is 0.00352.